The van der Waals surface area contributed by atoms with Crippen LogP contribution in [0.3, 0.4) is 0 Å². The number of methoxy groups -OCH3 is 1. The van der Waals surface area contributed by atoms with Crippen LogP contribution in [0.2, 0.25) is 5.02 Å². The molecule has 4 nitrogen and oxygen atoms in total. The number of hydrogen-bond donors (Lipinski definition) is 1. The summed E-state index contributed by atoms with van der Waals surface area (Å²) in [5, 5.41) is 0.627. The lowest BCUT2D eigenvalue weighted by Gasteiger charge is -2.33. The molecule has 2 aromatic rings. The van der Waals surface area contributed by atoms with Crippen LogP contribution in [0, 0.1) is 0 Å². The minimum absolute atomic E-state index is 0.0259. The highest BCUT2D eigenvalue weighted by Gasteiger charge is 2.40. The minimum Gasteiger partial charge on any atom is -0.497 e. The van der Waals surface area contributed by atoms with Crippen LogP contribution < -0.4 is 14.5 Å². The van der Waals surface area contributed by atoms with Crippen molar-refractivity contribution in [3.63, 3.8) is 0 Å². The van der Waals surface area contributed by atoms with E-state index in [-0.39, 0.29) is 5.91 Å². The lowest BCUT2D eigenvalue weighted by molar-refractivity contribution is -0.911. The average Bonchev–Trinajstić information content (AvgIpc) is 2.90. The van der Waals surface area contributed by atoms with E-state index in [0.29, 0.717) is 22.7 Å². The molecule has 2 heterocycles. The molecular weight excluding hydrogens is 360 g/mol. The SMILES string of the molecule is COc1ccc(N(C(=O)c2ccc(Cl)cc2)C2=CC3CCC(C2)[NH+]3C)cc1. The average molecular weight is 384 g/mol. The molecule has 1 amide bonds. The van der Waals surface area contributed by atoms with E-state index in [9.17, 15) is 4.79 Å². The number of likely N-dealkylation sites (N-methyl/N-ethyl adjacent to an activating group) is 1. The molecule has 0 saturated carbocycles. The largest absolute Gasteiger partial charge is 0.497 e. The van der Waals surface area contributed by atoms with E-state index in [1.165, 1.54) is 12.8 Å². The third kappa shape index (κ3) is 3.47. The van der Waals surface area contributed by atoms with Crippen LogP contribution in [-0.4, -0.2) is 32.1 Å². The Morgan fingerprint density at radius 1 is 1.11 bits per heavy atom. The lowest BCUT2D eigenvalue weighted by atomic mass is 10.0. The number of quaternary nitrogens is 1. The first-order valence-electron chi connectivity index (χ1n) is 9.35. The minimum atomic E-state index is -0.0259. The highest BCUT2D eigenvalue weighted by Crippen LogP contribution is 2.31. The van der Waals surface area contributed by atoms with Crippen LogP contribution >= 0.6 is 11.6 Å². The number of carbonyl (C=O) groups is 1. The summed E-state index contributed by atoms with van der Waals surface area (Å²) < 4.78 is 5.27. The van der Waals surface area contributed by atoms with Crippen molar-refractivity contribution in [3.8, 4) is 5.75 Å². The van der Waals surface area contributed by atoms with E-state index >= 15 is 0 Å². The first kappa shape index (κ1) is 18.1. The zero-order chi connectivity index (χ0) is 19.0. The smallest absolute Gasteiger partial charge is 0.262 e. The monoisotopic (exact) mass is 383 g/mol. The Kier molecular flexibility index (Phi) is 4.94. The van der Waals surface area contributed by atoms with Gasteiger partial charge in [0.2, 0.25) is 0 Å². The number of ether oxygens (including phenoxy) is 1. The maximum atomic E-state index is 13.4. The maximum absolute atomic E-state index is 13.4. The lowest BCUT2D eigenvalue weighted by Crippen LogP contribution is -3.14. The maximum Gasteiger partial charge on any atom is 0.262 e. The molecule has 1 fully saturated rings. The number of halogens is 1. The van der Waals surface area contributed by atoms with Gasteiger partial charge < -0.3 is 9.64 Å². The van der Waals surface area contributed by atoms with Gasteiger partial charge >= 0.3 is 0 Å². The van der Waals surface area contributed by atoms with Crippen LogP contribution in [0.25, 0.3) is 0 Å². The van der Waals surface area contributed by atoms with Crippen LogP contribution in [0.5, 0.6) is 5.75 Å². The predicted octanol–water partition coefficient (Wildman–Crippen LogP) is 3.33. The zero-order valence-electron chi connectivity index (χ0n) is 15.6. The van der Waals surface area contributed by atoms with E-state index < -0.39 is 0 Å². The second-order valence-corrected chi connectivity index (χ2v) is 7.77. The number of anilines is 1. The van der Waals surface area contributed by atoms with E-state index in [2.05, 4.69) is 13.1 Å². The van der Waals surface area contributed by atoms with Crippen LogP contribution in [-0.2, 0) is 0 Å². The summed E-state index contributed by atoms with van der Waals surface area (Å²) in [7, 11) is 3.90. The first-order valence-corrected chi connectivity index (χ1v) is 9.72. The third-order valence-corrected chi connectivity index (χ3v) is 6.07. The number of hydrogen-bond acceptors (Lipinski definition) is 2. The molecule has 2 bridgehead atoms. The number of amides is 1. The molecule has 1 saturated heterocycles. The normalized spacial score (nSPS) is 23.7. The molecular formula is C22H24ClN2O2+. The molecule has 27 heavy (non-hydrogen) atoms. The number of rotatable bonds is 4. The van der Waals surface area contributed by atoms with Crippen LogP contribution in [0.15, 0.2) is 60.3 Å². The summed E-state index contributed by atoms with van der Waals surface area (Å²) in [6.45, 7) is 0. The number of fused-ring (bicyclic) bond motifs is 2. The number of carbonyl (C=O) groups excluding carboxylic acids is 1. The molecule has 2 aliphatic heterocycles. The van der Waals surface area contributed by atoms with Crippen molar-refractivity contribution in [1.82, 2.24) is 0 Å². The summed E-state index contributed by atoms with van der Waals surface area (Å²) >= 11 is 6.00. The molecule has 0 spiro atoms. The van der Waals surface area contributed by atoms with E-state index in [1.54, 1.807) is 36.3 Å². The fourth-order valence-electron chi connectivity index (χ4n) is 4.20. The summed E-state index contributed by atoms with van der Waals surface area (Å²) in [6.07, 6.45) is 5.60. The molecule has 0 radical (unpaired) electrons. The molecule has 2 aliphatic rings. The molecule has 140 valence electrons. The second-order valence-electron chi connectivity index (χ2n) is 7.33. The van der Waals surface area contributed by atoms with Gasteiger partial charge in [-0.15, -0.1) is 0 Å². The van der Waals surface area contributed by atoms with Gasteiger partial charge in [-0.3, -0.25) is 9.69 Å². The Bertz CT molecular complexity index is 861. The van der Waals surface area contributed by atoms with Gasteiger partial charge in [0, 0.05) is 41.2 Å². The predicted molar refractivity (Wildman–Crippen MR) is 108 cm³/mol. The van der Waals surface area contributed by atoms with Gasteiger partial charge in [0.05, 0.1) is 20.2 Å². The highest BCUT2D eigenvalue weighted by molar-refractivity contribution is 6.30. The van der Waals surface area contributed by atoms with Crippen LogP contribution in [0.1, 0.15) is 29.6 Å². The Hall–Kier alpha value is -2.30. The van der Waals surface area contributed by atoms with Gasteiger partial charge in [-0.1, -0.05) is 11.6 Å². The number of benzene rings is 2. The third-order valence-electron chi connectivity index (χ3n) is 5.82. The molecule has 0 aromatic heterocycles. The first-order chi connectivity index (χ1) is 13.1. The van der Waals surface area contributed by atoms with Gasteiger partial charge in [0.1, 0.15) is 11.8 Å². The van der Waals surface area contributed by atoms with Crippen molar-refractivity contribution in [2.45, 2.75) is 31.3 Å². The van der Waals surface area contributed by atoms with Gasteiger partial charge in [-0.2, -0.15) is 0 Å². The number of nitrogens with zero attached hydrogens (tertiary/aromatic N) is 1. The fourth-order valence-corrected chi connectivity index (χ4v) is 4.33. The molecule has 5 heteroatoms. The Morgan fingerprint density at radius 2 is 1.81 bits per heavy atom. The van der Waals surface area contributed by atoms with E-state index in [0.717, 1.165) is 23.6 Å². The molecule has 2 aromatic carbocycles. The van der Waals surface area contributed by atoms with Crippen molar-refractivity contribution in [3.05, 3.63) is 70.9 Å². The van der Waals surface area contributed by atoms with Crippen molar-refractivity contribution in [1.29, 1.82) is 0 Å². The van der Waals surface area contributed by atoms with Crippen LogP contribution in [0.4, 0.5) is 5.69 Å². The van der Waals surface area contributed by atoms with Gasteiger partial charge in [-0.25, -0.2) is 0 Å². The molecule has 3 atom stereocenters. The van der Waals surface area contributed by atoms with Crippen molar-refractivity contribution < 1.29 is 14.4 Å². The summed E-state index contributed by atoms with van der Waals surface area (Å²) in [5.41, 5.74) is 2.59. The molecule has 1 N–H and O–H groups in total. The molecule has 0 aliphatic carbocycles. The number of nitrogens with one attached hydrogen (secondary N) is 1. The van der Waals surface area contributed by atoms with E-state index in [1.807, 2.05) is 29.2 Å². The Labute approximate surface area is 165 Å². The summed E-state index contributed by atoms with van der Waals surface area (Å²) in [5.74, 6) is 0.751. The fraction of sp³-hybridized carbons (Fsp3) is 0.318. The highest BCUT2D eigenvalue weighted by atomic mass is 35.5. The van der Waals surface area contributed by atoms with Crippen molar-refractivity contribution in [2.75, 3.05) is 19.1 Å². The quantitative estimate of drug-likeness (QED) is 0.878. The van der Waals surface area contributed by atoms with E-state index in [4.69, 9.17) is 16.3 Å². The van der Waals surface area contributed by atoms with Crippen molar-refractivity contribution in [2.24, 2.45) is 0 Å². The Balaban J connectivity index is 1.74. The molecule has 4 rings (SSSR count). The summed E-state index contributed by atoms with van der Waals surface area (Å²) in [4.78, 5) is 16.9. The van der Waals surface area contributed by atoms with Crippen molar-refractivity contribution >= 4 is 23.2 Å². The second kappa shape index (κ2) is 7.37. The summed E-state index contributed by atoms with van der Waals surface area (Å²) in [6, 6.07) is 15.8. The topological polar surface area (TPSA) is 34.0 Å². The van der Waals surface area contributed by atoms with Gasteiger partial charge in [-0.05, 0) is 54.6 Å². The van der Waals surface area contributed by atoms with Gasteiger partial charge in [0.15, 0.2) is 0 Å². The Morgan fingerprint density at radius 3 is 2.44 bits per heavy atom. The molecule has 3 unspecified atom stereocenters. The standard InChI is InChI=1S/C22H23ClN2O2/c1-24-18-7-8-19(24)14-20(13-18)25(17-9-11-21(27-2)12-10-17)22(26)15-3-5-16(23)6-4-15/h3-6,9-13,18-19H,7-8,14H2,1-2H3/p+1. The zero-order valence-corrected chi connectivity index (χ0v) is 16.4. The van der Waals surface area contributed by atoms with Gasteiger partial charge in [0.25, 0.3) is 5.91 Å².